The van der Waals surface area contributed by atoms with E-state index < -0.39 is 0 Å². The maximum absolute atomic E-state index is 5.24. The molecule has 144 valence electrons. The summed E-state index contributed by atoms with van der Waals surface area (Å²) in [6.45, 7) is 3.11. The molecular formula is C23H21N5O. The van der Waals surface area contributed by atoms with Crippen molar-refractivity contribution in [3.8, 4) is 11.3 Å². The fourth-order valence-corrected chi connectivity index (χ4v) is 3.70. The predicted molar refractivity (Wildman–Crippen MR) is 111 cm³/mol. The molecule has 6 heteroatoms. The second-order valence-electron chi connectivity index (χ2n) is 7.22. The van der Waals surface area contributed by atoms with Crippen LogP contribution in [0, 0.1) is 0 Å². The lowest BCUT2D eigenvalue weighted by Gasteiger charge is -2.19. The molecule has 0 spiro atoms. The Bertz CT molecular complexity index is 1100. The highest BCUT2D eigenvalue weighted by molar-refractivity contribution is 5.68. The standard InChI is InChI=1S/C23H21N5O/c1-2-6-21-19(5-1)14-28(13-18-7-9-29-16-18)15-20-12-26-23(27-22(20)21)25-11-17-4-3-8-24-10-17/h1-10,12,16H,11,13-15H2,(H,25,26,27). The average molecular weight is 383 g/mol. The van der Waals surface area contributed by atoms with E-state index in [-0.39, 0.29) is 0 Å². The van der Waals surface area contributed by atoms with E-state index in [1.807, 2.05) is 30.6 Å². The Labute approximate surface area is 169 Å². The normalized spacial score (nSPS) is 13.4. The highest BCUT2D eigenvalue weighted by Gasteiger charge is 2.21. The lowest BCUT2D eigenvalue weighted by Crippen LogP contribution is -2.21. The number of rotatable bonds is 5. The van der Waals surface area contributed by atoms with E-state index in [1.54, 1.807) is 18.7 Å². The van der Waals surface area contributed by atoms with Gasteiger partial charge in [0.2, 0.25) is 5.95 Å². The van der Waals surface area contributed by atoms with Crippen LogP contribution in [0.25, 0.3) is 11.3 Å². The zero-order valence-corrected chi connectivity index (χ0v) is 16.0. The fraction of sp³-hybridized carbons (Fsp3) is 0.174. The number of pyridine rings is 1. The smallest absolute Gasteiger partial charge is 0.223 e. The van der Waals surface area contributed by atoms with Crippen molar-refractivity contribution in [2.75, 3.05) is 5.32 Å². The van der Waals surface area contributed by atoms with Crippen molar-refractivity contribution < 1.29 is 4.42 Å². The number of fused-ring (bicyclic) bond motifs is 3. The molecule has 4 heterocycles. The van der Waals surface area contributed by atoms with E-state index in [0.29, 0.717) is 12.5 Å². The number of aromatic nitrogens is 3. The minimum absolute atomic E-state index is 0.630. The molecule has 4 aromatic rings. The second-order valence-corrected chi connectivity index (χ2v) is 7.22. The van der Waals surface area contributed by atoms with Gasteiger partial charge in [0.05, 0.1) is 18.2 Å². The predicted octanol–water partition coefficient (Wildman–Crippen LogP) is 4.26. The average Bonchev–Trinajstić information content (AvgIpc) is 3.21. The van der Waals surface area contributed by atoms with Crippen molar-refractivity contribution in [1.29, 1.82) is 0 Å². The molecule has 0 bridgehead atoms. The van der Waals surface area contributed by atoms with Crippen molar-refractivity contribution in [3.63, 3.8) is 0 Å². The van der Waals surface area contributed by atoms with Gasteiger partial charge in [-0.15, -0.1) is 0 Å². The molecule has 0 saturated carbocycles. The number of hydrogen-bond donors (Lipinski definition) is 1. The van der Waals surface area contributed by atoms with Crippen LogP contribution in [-0.2, 0) is 26.2 Å². The first-order chi connectivity index (χ1) is 14.3. The summed E-state index contributed by atoms with van der Waals surface area (Å²) in [7, 11) is 0. The molecule has 0 saturated heterocycles. The molecule has 0 radical (unpaired) electrons. The Morgan fingerprint density at radius 2 is 1.90 bits per heavy atom. The van der Waals surface area contributed by atoms with Gasteiger partial charge in [0.25, 0.3) is 0 Å². The van der Waals surface area contributed by atoms with Gasteiger partial charge in [0, 0.05) is 61.5 Å². The monoisotopic (exact) mass is 383 g/mol. The third-order valence-electron chi connectivity index (χ3n) is 5.08. The van der Waals surface area contributed by atoms with Crippen LogP contribution in [0.2, 0.25) is 0 Å². The summed E-state index contributed by atoms with van der Waals surface area (Å²) in [6.07, 6.45) is 9.09. The Kier molecular flexibility index (Phi) is 4.76. The zero-order valence-electron chi connectivity index (χ0n) is 16.0. The molecule has 1 aliphatic rings. The van der Waals surface area contributed by atoms with E-state index in [4.69, 9.17) is 9.40 Å². The van der Waals surface area contributed by atoms with Crippen LogP contribution in [0.3, 0.4) is 0 Å². The number of furan rings is 1. The first-order valence-electron chi connectivity index (χ1n) is 9.65. The van der Waals surface area contributed by atoms with Gasteiger partial charge in [-0.05, 0) is 23.3 Å². The van der Waals surface area contributed by atoms with E-state index in [1.165, 1.54) is 16.7 Å². The lowest BCUT2D eigenvalue weighted by atomic mass is 10.0. The van der Waals surface area contributed by atoms with Crippen LogP contribution >= 0.6 is 0 Å². The number of hydrogen-bond acceptors (Lipinski definition) is 6. The molecule has 3 aromatic heterocycles. The van der Waals surface area contributed by atoms with Crippen LogP contribution in [0.1, 0.15) is 22.3 Å². The van der Waals surface area contributed by atoms with E-state index in [9.17, 15) is 0 Å². The number of anilines is 1. The van der Waals surface area contributed by atoms with E-state index in [0.717, 1.165) is 36.5 Å². The van der Waals surface area contributed by atoms with Crippen LogP contribution < -0.4 is 5.32 Å². The molecule has 1 aliphatic heterocycles. The van der Waals surface area contributed by atoms with Gasteiger partial charge in [0.15, 0.2) is 0 Å². The van der Waals surface area contributed by atoms with Crippen LogP contribution in [-0.4, -0.2) is 19.9 Å². The van der Waals surface area contributed by atoms with Crippen LogP contribution in [0.15, 0.2) is 78.0 Å². The van der Waals surface area contributed by atoms with Gasteiger partial charge in [-0.25, -0.2) is 9.97 Å². The topological polar surface area (TPSA) is 67.1 Å². The molecule has 0 amide bonds. The molecule has 1 aromatic carbocycles. The van der Waals surface area contributed by atoms with Gasteiger partial charge >= 0.3 is 0 Å². The Balaban J connectivity index is 1.45. The summed E-state index contributed by atoms with van der Waals surface area (Å²) in [5, 5.41) is 3.32. The third kappa shape index (κ3) is 3.88. The summed E-state index contributed by atoms with van der Waals surface area (Å²) in [5.41, 5.74) is 6.83. The summed E-state index contributed by atoms with van der Waals surface area (Å²) >= 11 is 0. The van der Waals surface area contributed by atoms with Gasteiger partial charge in [-0.2, -0.15) is 0 Å². The summed E-state index contributed by atoms with van der Waals surface area (Å²) < 4.78 is 5.24. The molecule has 0 atom stereocenters. The third-order valence-corrected chi connectivity index (χ3v) is 5.08. The van der Waals surface area contributed by atoms with Crippen LogP contribution in [0.4, 0.5) is 5.95 Å². The van der Waals surface area contributed by atoms with Gasteiger partial charge in [-0.1, -0.05) is 30.3 Å². The molecule has 6 nitrogen and oxygen atoms in total. The number of benzene rings is 1. The number of nitrogens with one attached hydrogen (secondary N) is 1. The van der Waals surface area contributed by atoms with Gasteiger partial charge in [-0.3, -0.25) is 9.88 Å². The Morgan fingerprint density at radius 3 is 2.76 bits per heavy atom. The molecule has 5 rings (SSSR count). The minimum atomic E-state index is 0.630. The van der Waals surface area contributed by atoms with Crippen molar-refractivity contribution >= 4 is 5.95 Å². The minimum Gasteiger partial charge on any atom is -0.472 e. The Hall–Kier alpha value is -3.51. The molecule has 1 N–H and O–H groups in total. The molecule has 0 aliphatic carbocycles. The first kappa shape index (κ1) is 17.6. The maximum Gasteiger partial charge on any atom is 0.223 e. The SMILES string of the molecule is c1cncc(CNc2ncc3c(n2)-c2ccccc2CN(Cc2ccoc2)C3)c1. The molecule has 0 unspecified atom stereocenters. The van der Waals surface area contributed by atoms with E-state index in [2.05, 4.69) is 44.5 Å². The second kappa shape index (κ2) is 7.85. The maximum atomic E-state index is 5.24. The fourth-order valence-electron chi connectivity index (χ4n) is 3.70. The number of nitrogens with zero attached hydrogens (tertiary/aromatic N) is 4. The largest absolute Gasteiger partial charge is 0.472 e. The van der Waals surface area contributed by atoms with Crippen molar-refractivity contribution in [1.82, 2.24) is 19.9 Å². The van der Waals surface area contributed by atoms with Crippen LogP contribution in [0.5, 0.6) is 0 Å². The molecular weight excluding hydrogens is 362 g/mol. The lowest BCUT2D eigenvalue weighted by molar-refractivity contribution is 0.249. The van der Waals surface area contributed by atoms with Gasteiger partial charge in [0.1, 0.15) is 0 Å². The summed E-state index contributed by atoms with van der Waals surface area (Å²) in [6, 6.07) is 14.5. The van der Waals surface area contributed by atoms with Gasteiger partial charge < -0.3 is 9.73 Å². The summed E-state index contributed by atoms with van der Waals surface area (Å²) in [5.74, 6) is 0.630. The van der Waals surface area contributed by atoms with Crippen molar-refractivity contribution in [3.05, 3.63) is 95.8 Å². The first-order valence-corrected chi connectivity index (χ1v) is 9.65. The van der Waals surface area contributed by atoms with Crippen molar-refractivity contribution in [2.45, 2.75) is 26.2 Å². The van der Waals surface area contributed by atoms with Crippen molar-refractivity contribution in [2.24, 2.45) is 0 Å². The highest BCUT2D eigenvalue weighted by atomic mass is 16.3. The molecule has 29 heavy (non-hydrogen) atoms. The highest BCUT2D eigenvalue weighted by Crippen LogP contribution is 2.32. The molecule has 0 fully saturated rings. The zero-order chi connectivity index (χ0) is 19.5. The Morgan fingerprint density at radius 1 is 0.966 bits per heavy atom. The van der Waals surface area contributed by atoms with E-state index >= 15 is 0 Å². The quantitative estimate of drug-likeness (QED) is 0.555. The summed E-state index contributed by atoms with van der Waals surface area (Å²) in [4.78, 5) is 16.0.